The summed E-state index contributed by atoms with van der Waals surface area (Å²) in [5.74, 6) is 3.37. The molecule has 1 aliphatic rings. The Morgan fingerprint density at radius 2 is 1.65 bits per heavy atom. The number of nitrogens with one attached hydrogen (secondary N) is 2. The molecule has 102 valence electrons. The molecule has 0 aromatic heterocycles. The maximum absolute atomic E-state index is 3.68. The zero-order valence-electron chi connectivity index (χ0n) is 12.3. The molecule has 0 aliphatic carbocycles. The van der Waals surface area contributed by atoms with Gasteiger partial charge in [0.05, 0.1) is 0 Å². The Hall–Kier alpha value is -0.0800. The lowest BCUT2D eigenvalue weighted by atomic mass is 9.85. The van der Waals surface area contributed by atoms with Crippen molar-refractivity contribution in [1.29, 1.82) is 0 Å². The topological polar surface area (TPSA) is 24.1 Å². The van der Waals surface area contributed by atoms with Crippen LogP contribution in [0.4, 0.5) is 0 Å². The van der Waals surface area contributed by atoms with Crippen LogP contribution in [0.5, 0.6) is 0 Å². The van der Waals surface area contributed by atoms with Crippen molar-refractivity contribution >= 4 is 0 Å². The van der Waals surface area contributed by atoms with E-state index in [9.17, 15) is 0 Å². The average Bonchev–Trinajstić information content (AvgIpc) is 2.29. The molecule has 2 nitrogen and oxygen atoms in total. The fourth-order valence-corrected chi connectivity index (χ4v) is 2.99. The highest BCUT2D eigenvalue weighted by atomic mass is 14.9. The van der Waals surface area contributed by atoms with Gasteiger partial charge in [-0.05, 0) is 69.1 Å². The van der Waals surface area contributed by atoms with Crippen LogP contribution in [0.1, 0.15) is 47.0 Å². The Kier molecular flexibility index (Phi) is 7.14. The molecule has 0 aromatic rings. The summed E-state index contributed by atoms with van der Waals surface area (Å²) < 4.78 is 0. The van der Waals surface area contributed by atoms with Crippen LogP contribution in [0.15, 0.2) is 0 Å². The van der Waals surface area contributed by atoms with Gasteiger partial charge in [0.15, 0.2) is 0 Å². The van der Waals surface area contributed by atoms with E-state index in [1.54, 1.807) is 0 Å². The van der Waals surface area contributed by atoms with Crippen LogP contribution in [0, 0.1) is 23.7 Å². The van der Waals surface area contributed by atoms with Crippen LogP contribution in [-0.2, 0) is 0 Å². The van der Waals surface area contributed by atoms with Crippen LogP contribution in [0.3, 0.4) is 0 Å². The lowest BCUT2D eigenvalue weighted by molar-refractivity contribution is 0.269. The molecule has 2 N–H and O–H groups in total. The summed E-state index contributed by atoms with van der Waals surface area (Å²) >= 11 is 0. The molecule has 1 aliphatic heterocycles. The number of hydrogen-bond acceptors (Lipinski definition) is 2. The fraction of sp³-hybridized carbons (Fsp3) is 1.00. The van der Waals surface area contributed by atoms with Crippen molar-refractivity contribution in [3.05, 3.63) is 0 Å². The average molecular weight is 240 g/mol. The maximum atomic E-state index is 3.68. The Labute approximate surface area is 108 Å². The molecule has 1 rings (SSSR count). The van der Waals surface area contributed by atoms with Gasteiger partial charge in [-0.2, -0.15) is 0 Å². The first-order valence-corrected chi connectivity index (χ1v) is 7.52. The lowest BCUT2D eigenvalue weighted by Gasteiger charge is -2.26. The van der Waals surface area contributed by atoms with Crippen molar-refractivity contribution in [2.45, 2.75) is 47.0 Å². The summed E-state index contributed by atoms with van der Waals surface area (Å²) in [6.07, 6.45) is 4.11. The van der Waals surface area contributed by atoms with E-state index in [1.807, 2.05) is 0 Å². The largest absolute Gasteiger partial charge is 0.317 e. The fourth-order valence-electron chi connectivity index (χ4n) is 2.99. The van der Waals surface area contributed by atoms with E-state index in [4.69, 9.17) is 0 Å². The molecule has 0 unspecified atom stereocenters. The van der Waals surface area contributed by atoms with Crippen molar-refractivity contribution in [3.63, 3.8) is 0 Å². The smallest absolute Gasteiger partial charge is 0.00156 e. The second-order valence-electron chi connectivity index (χ2n) is 6.34. The molecule has 1 fully saturated rings. The molecule has 0 spiro atoms. The van der Waals surface area contributed by atoms with Gasteiger partial charge in [-0.3, -0.25) is 0 Å². The third-order valence-corrected chi connectivity index (χ3v) is 4.28. The highest BCUT2D eigenvalue weighted by Crippen LogP contribution is 2.20. The van der Waals surface area contributed by atoms with E-state index in [-0.39, 0.29) is 0 Å². The molecule has 17 heavy (non-hydrogen) atoms. The Bertz CT molecular complexity index is 175. The summed E-state index contributed by atoms with van der Waals surface area (Å²) in [5, 5.41) is 7.11. The predicted octanol–water partition coefficient (Wildman–Crippen LogP) is 2.89. The quantitative estimate of drug-likeness (QED) is 0.669. The zero-order chi connectivity index (χ0) is 12.7. The molecule has 1 heterocycles. The van der Waals surface area contributed by atoms with Gasteiger partial charge in [0.2, 0.25) is 0 Å². The molecule has 0 aromatic carbocycles. The van der Waals surface area contributed by atoms with Crippen molar-refractivity contribution in [3.8, 4) is 0 Å². The molecule has 0 atom stereocenters. The SMILES string of the molecule is CC(C)C(CNCCC1CCNCC1)C(C)C. The van der Waals surface area contributed by atoms with Gasteiger partial charge >= 0.3 is 0 Å². The van der Waals surface area contributed by atoms with E-state index in [0.29, 0.717) is 0 Å². The van der Waals surface area contributed by atoms with Crippen molar-refractivity contribution < 1.29 is 0 Å². The zero-order valence-corrected chi connectivity index (χ0v) is 12.3. The first-order chi connectivity index (χ1) is 8.11. The summed E-state index contributed by atoms with van der Waals surface area (Å²) in [6.45, 7) is 14.2. The second kappa shape index (κ2) is 8.10. The van der Waals surface area contributed by atoms with Crippen molar-refractivity contribution in [1.82, 2.24) is 10.6 Å². The van der Waals surface area contributed by atoms with Crippen molar-refractivity contribution in [2.75, 3.05) is 26.2 Å². The second-order valence-corrected chi connectivity index (χ2v) is 6.34. The molecule has 2 heteroatoms. The number of piperidine rings is 1. The third-order valence-electron chi connectivity index (χ3n) is 4.28. The lowest BCUT2D eigenvalue weighted by Crippen LogP contribution is -2.33. The Morgan fingerprint density at radius 1 is 1.06 bits per heavy atom. The number of hydrogen-bond donors (Lipinski definition) is 2. The summed E-state index contributed by atoms with van der Waals surface area (Å²) in [5.41, 5.74) is 0. The van der Waals surface area contributed by atoms with Gasteiger partial charge in [0, 0.05) is 0 Å². The molecule has 1 saturated heterocycles. The van der Waals surface area contributed by atoms with Gasteiger partial charge in [-0.15, -0.1) is 0 Å². The van der Waals surface area contributed by atoms with E-state index >= 15 is 0 Å². The highest BCUT2D eigenvalue weighted by Gasteiger charge is 2.17. The first kappa shape index (κ1) is 15.0. The third kappa shape index (κ3) is 5.87. The first-order valence-electron chi connectivity index (χ1n) is 7.52. The molecule has 0 amide bonds. The maximum Gasteiger partial charge on any atom is -0.00156 e. The van der Waals surface area contributed by atoms with Gasteiger partial charge in [0.25, 0.3) is 0 Å². The van der Waals surface area contributed by atoms with Crippen LogP contribution in [0.25, 0.3) is 0 Å². The molecule has 0 saturated carbocycles. The van der Waals surface area contributed by atoms with E-state index in [2.05, 4.69) is 38.3 Å². The Balaban J connectivity index is 2.09. The van der Waals surface area contributed by atoms with Crippen LogP contribution in [0.2, 0.25) is 0 Å². The standard InChI is InChI=1S/C15H32N2/c1-12(2)15(13(3)4)11-17-10-7-14-5-8-16-9-6-14/h12-17H,5-11H2,1-4H3. The van der Waals surface area contributed by atoms with Gasteiger partial charge in [0.1, 0.15) is 0 Å². The van der Waals surface area contributed by atoms with Crippen molar-refractivity contribution in [2.24, 2.45) is 23.7 Å². The molecular weight excluding hydrogens is 208 g/mol. The summed E-state index contributed by atoms with van der Waals surface area (Å²) in [4.78, 5) is 0. The summed E-state index contributed by atoms with van der Waals surface area (Å²) in [7, 11) is 0. The Morgan fingerprint density at radius 3 is 2.18 bits per heavy atom. The van der Waals surface area contributed by atoms with Gasteiger partial charge in [-0.1, -0.05) is 27.7 Å². The van der Waals surface area contributed by atoms with Crippen LogP contribution < -0.4 is 10.6 Å². The predicted molar refractivity (Wildman–Crippen MR) is 76.2 cm³/mol. The minimum absolute atomic E-state index is 0.793. The van der Waals surface area contributed by atoms with Crippen LogP contribution in [-0.4, -0.2) is 26.2 Å². The number of rotatable bonds is 7. The highest BCUT2D eigenvalue weighted by molar-refractivity contribution is 4.72. The minimum Gasteiger partial charge on any atom is -0.317 e. The van der Waals surface area contributed by atoms with Gasteiger partial charge in [-0.25, -0.2) is 0 Å². The van der Waals surface area contributed by atoms with Gasteiger partial charge < -0.3 is 10.6 Å². The minimum atomic E-state index is 0.793. The van der Waals surface area contributed by atoms with Crippen LogP contribution >= 0.6 is 0 Å². The molecule has 0 bridgehead atoms. The molecule has 0 radical (unpaired) electrons. The summed E-state index contributed by atoms with van der Waals surface area (Å²) in [6, 6.07) is 0. The van der Waals surface area contributed by atoms with E-state index in [1.165, 1.54) is 45.4 Å². The normalized spacial score (nSPS) is 18.5. The monoisotopic (exact) mass is 240 g/mol. The van der Waals surface area contributed by atoms with E-state index in [0.717, 1.165) is 23.7 Å². The van der Waals surface area contributed by atoms with E-state index < -0.39 is 0 Å². The molecular formula is C15H32N2.